The lowest BCUT2D eigenvalue weighted by Crippen LogP contribution is -2.28. The summed E-state index contributed by atoms with van der Waals surface area (Å²) < 4.78 is 10.1. The van der Waals surface area contributed by atoms with E-state index in [4.69, 9.17) is 14.4 Å². The predicted molar refractivity (Wildman–Crippen MR) is 62.9 cm³/mol. The van der Waals surface area contributed by atoms with E-state index >= 15 is 0 Å². The van der Waals surface area contributed by atoms with Crippen molar-refractivity contribution in [2.45, 2.75) is 38.5 Å². The normalized spacial score (nSPS) is 15.2. The van der Waals surface area contributed by atoms with E-state index in [1.54, 1.807) is 7.11 Å². The lowest BCUT2D eigenvalue weighted by Gasteiger charge is -2.19. The predicted octanol–water partition coefficient (Wildman–Crippen LogP) is 1.26. The summed E-state index contributed by atoms with van der Waals surface area (Å²) in [5, 5.41) is 12.7. The van der Waals surface area contributed by atoms with Crippen molar-refractivity contribution < 1.29 is 19.2 Å². The number of hydrogen-bond donors (Lipinski definition) is 1. The molecule has 100 valence electrons. The quantitative estimate of drug-likeness (QED) is 0.752. The smallest absolute Gasteiger partial charge is 0.304 e. The van der Waals surface area contributed by atoms with Gasteiger partial charge in [0, 0.05) is 32.3 Å². The number of rotatable bonds is 8. The van der Waals surface area contributed by atoms with Crippen molar-refractivity contribution >= 4 is 5.97 Å². The molecule has 1 N–H and O–H groups in total. The molecule has 1 aromatic rings. The first kappa shape index (κ1) is 13.0. The van der Waals surface area contributed by atoms with Gasteiger partial charge in [-0.25, -0.2) is 0 Å². The number of methoxy groups -OCH3 is 1. The third-order valence-corrected chi connectivity index (χ3v) is 2.94. The van der Waals surface area contributed by atoms with Crippen LogP contribution in [0.15, 0.2) is 10.6 Å². The Labute approximate surface area is 106 Å². The second-order valence-corrected chi connectivity index (χ2v) is 4.56. The van der Waals surface area contributed by atoms with Crippen LogP contribution in [0.3, 0.4) is 0 Å². The van der Waals surface area contributed by atoms with Crippen LogP contribution in [0.25, 0.3) is 0 Å². The summed E-state index contributed by atoms with van der Waals surface area (Å²) in [7, 11) is 1.60. The van der Waals surface area contributed by atoms with Gasteiger partial charge in [-0.05, 0) is 12.8 Å². The van der Waals surface area contributed by atoms with Gasteiger partial charge in [0.2, 0.25) is 0 Å². The fourth-order valence-corrected chi connectivity index (χ4v) is 1.92. The van der Waals surface area contributed by atoms with Gasteiger partial charge in [0.05, 0.1) is 12.1 Å². The Kier molecular flexibility index (Phi) is 4.33. The fourth-order valence-electron chi connectivity index (χ4n) is 1.92. The van der Waals surface area contributed by atoms with Crippen molar-refractivity contribution in [3.63, 3.8) is 0 Å². The SMILES string of the molecule is COCc1cc(CN(CCC(=O)O)C2CC2)no1. The number of carboxylic acid groups (broad SMARTS) is 1. The third kappa shape index (κ3) is 3.82. The van der Waals surface area contributed by atoms with Crippen molar-refractivity contribution in [1.29, 1.82) is 0 Å². The minimum atomic E-state index is -0.763. The summed E-state index contributed by atoms with van der Waals surface area (Å²) in [6.07, 6.45) is 2.45. The highest BCUT2D eigenvalue weighted by Gasteiger charge is 2.29. The number of carboxylic acids is 1. The summed E-state index contributed by atoms with van der Waals surface area (Å²) >= 11 is 0. The third-order valence-electron chi connectivity index (χ3n) is 2.94. The summed E-state index contributed by atoms with van der Waals surface area (Å²) in [5.41, 5.74) is 0.833. The van der Waals surface area contributed by atoms with Crippen LogP contribution in [0, 0.1) is 0 Å². The van der Waals surface area contributed by atoms with Crippen molar-refractivity contribution in [3.8, 4) is 0 Å². The zero-order valence-corrected chi connectivity index (χ0v) is 10.5. The van der Waals surface area contributed by atoms with Gasteiger partial charge in [-0.15, -0.1) is 0 Å². The second kappa shape index (κ2) is 5.97. The van der Waals surface area contributed by atoms with Crippen LogP contribution in [-0.2, 0) is 22.7 Å². The van der Waals surface area contributed by atoms with Crippen LogP contribution < -0.4 is 0 Å². The van der Waals surface area contributed by atoms with E-state index in [2.05, 4.69) is 10.1 Å². The van der Waals surface area contributed by atoms with Crippen LogP contribution in [0.4, 0.5) is 0 Å². The molecule has 1 heterocycles. The molecule has 0 aliphatic heterocycles. The molecule has 1 fully saturated rings. The molecule has 1 aromatic heterocycles. The molecule has 0 atom stereocenters. The van der Waals surface area contributed by atoms with Crippen LogP contribution in [-0.4, -0.2) is 40.8 Å². The molecule has 18 heavy (non-hydrogen) atoms. The molecule has 0 bridgehead atoms. The van der Waals surface area contributed by atoms with E-state index < -0.39 is 5.97 Å². The Hall–Kier alpha value is -1.40. The standard InChI is InChI=1S/C12H18N2O4/c1-17-8-11-6-9(13-18-11)7-14(10-2-3-10)5-4-12(15)16/h6,10H,2-5,7-8H2,1H3,(H,15,16). The Morgan fingerprint density at radius 2 is 2.44 bits per heavy atom. The van der Waals surface area contributed by atoms with Gasteiger partial charge in [-0.3, -0.25) is 9.69 Å². The van der Waals surface area contributed by atoms with E-state index in [-0.39, 0.29) is 6.42 Å². The van der Waals surface area contributed by atoms with E-state index in [1.807, 2.05) is 6.07 Å². The highest BCUT2D eigenvalue weighted by molar-refractivity contribution is 5.66. The lowest BCUT2D eigenvalue weighted by atomic mass is 10.3. The molecule has 2 rings (SSSR count). The van der Waals surface area contributed by atoms with Crippen LogP contribution in [0.2, 0.25) is 0 Å². The number of aliphatic carboxylic acids is 1. The minimum Gasteiger partial charge on any atom is -0.481 e. The highest BCUT2D eigenvalue weighted by Crippen LogP contribution is 2.28. The monoisotopic (exact) mass is 254 g/mol. The van der Waals surface area contributed by atoms with Gasteiger partial charge in [0.15, 0.2) is 5.76 Å². The highest BCUT2D eigenvalue weighted by atomic mass is 16.5. The van der Waals surface area contributed by atoms with Crippen molar-refractivity contribution in [2.24, 2.45) is 0 Å². The number of carbonyl (C=O) groups is 1. The maximum atomic E-state index is 10.6. The molecule has 1 saturated carbocycles. The number of hydrogen-bond acceptors (Lipinski definition) is 5. The molecule has 0 spiro atoms. The number of nitrogens with zero attached hydrogens (tertiary/aromatic N) is 2. The fraction of sp³-hybridized carbons (Fsp3) is 0.667. The molecule has 1 aliphatic rings. The van der Waals surface area contributed by atoms with E-state index in [1.165, 1.54) is 0 Å². The lowest BCUT2D eigenvalue weighted by molar-refractivity contribution is -0.137. The van der Waals surface area contributed by atoms with Gasteiger partial charge >= 0.3 is 5.97 Å². The van der Waals surface area contributed by atoms with E-state index in [9.17, 15) is 4.79 Å². The topological polar surface area (TPSA) is 75.8 Å². The van der Waals surface area contributed by atoms with Crippen LogP contribution in [0.5, 0.6) is 0 Å². The molecule has 0 aromatic carbocycles. The first-order chi connectivity index (χ1) is 8.69. The summed E-state index contributed by atoms with van der Waals surface area (Å²) in [6, 6.07) is 2.37. The molecular formula is C12H18N2O4. The van der Waals surface area contributed by atoms with Gasteiger partial charge in [0.25, 0.3) is 0 Å². The second-order valence-electron chi connectivity index (χ2n) is 4.56. The molecule has 6 heteroatoms. The Morgan fingerprint density at radius 3 is 3.06 bits per heavy atom. The molecule has 0 amide bonds. The van der Waals surface area contributed by atoms with Gasteiger partial charge < -0.3 is 14.4 Å². The van der Waals surface area contributed by atoms with E-state index in [0.29, 0.717) is 31.5 Å². The van der Waals surface area contributed by atoms with Crippen LogP contribution >= 0.6 is 0 Å². The molecule has 0 unspecified atom stereocenters. The zero-order chi connectivity index (χ0) is 13.0. The van der Waals surface area contributed by atoms with Crippen molar-refractivity contribution in [3.05, 3.63) is 17.5 Å². The maximum absolute atomic E-state index is 10.6. The molecule has 0 saturated heterocycles. The summed E-state index contributed by atoms with van der Waals surface area (Å²) in [4.78, 5) is 12.8. The maximum Gasteiger partial charge on any atom is 0.304 e. The zero-order valence-electron chi connectivity index (χ0n) is 10.5. The molecular weight excluding hydrogens is 236 g/mol. The minimum absolute atomic E-state index is 0.166. The first-order valence-electron chi connectivity index (χ1n) is 6.08. The average molecular weight is 254 g/mol. The molecule has 6 nitrogen and oxygen atoms in total. The summed E-state index contributed by atoms with van der Waals surface area (Å²) in [6.45, 7) is 1.61. The number of ether oxygens (including phenoxy) is 1. The molecule has 1 aliphatic carbocycles. The summed E-state index contributed by atoms with van der Waals surface area (Å²) in [5.74, 6) is -0.0673. The average Bonchev–Trinajstić information content (AvgIpc) is 3.07. The Bertz CT molecular complexity index is 401. The Morgan fingerprint density at radius 1 is 1.67 bits per heavy atom. The van der Waals surface area contributed by atoms with Gasteiger partial charge in [0.1, 0.15) is 6.61 Å². The van der Waals surface area contributed by atoms with Gasteiger partial charge in [-0.2, -0.15) is 0 Å². The molecule has 0 radical (unpaired) electrons. The first-order valence-corrected chi connectivity index (χ1v) is 6.08. The largest absolute Gasteiger partial charge is 0.481 e. The van der Waals surface area contributed by atoms with Gasteiger partial charge in [-0.1, -0.05) is 5.16 Å². The van der Waals surface area contributed by atoms with Crippen LogP contribution in [0.1, 0.15) is 30.7 Å². The van der Waals surface area contributed by atoms with Crippen molar-refractivity contribution in [1.82, 2.24) is 10.1 Å². The van der Waals surface area contributed by atoms with E-state index in [0.717, 1.165) is 18.5 Å². The Balaban J connectivity index is 1.88. The van der Waals surface area contributed by atoms with Crippen molar-refractivity contribution in [2.75, 3.05) is 13.7 Å². The number of aromatic nitrogens is 1.